The Morgan fingerprint density at radius 1 is 1.17 bits per heavy atom. The largest absolute Gasteiger partial charge is 0.348 e. The van der Waals surface area contributed by atoms with Crippen LogP contribution in [-0.4, -0.2) is 32.1 Å². The molecule has 0 unspecified atom stereocenters. The molecule has 23 heavy (non-hydrogen) atoms. The maximum absolute atomic E-state index is 13.0. The van der Waals surface area contributed by atoms with Crippen LogP contribution in [0, 0.1) is 6.92 Å². The number of rotatable bonds is 2. The van der Waals surface area contributed by atoms with Gasteiger partial charge in [0.1, 0.15) is 5.69 Å². The number of nitrogens with zero attached hydrogens (tertiary/aromatic N) is 3. The van der Waals surface area contributed by atoms with E-state index < -0.39 is 0 Å². The Morgan fingerprint density at radius 2 is 2.00 bits per heavy atom. The van der Waals surface area contributed by atoms with Gasteiger partial charge in [-0.15, -0.1) is 0 Å². The van der Waals surface area contributed by atoms with Crippen LogP contribution in [-0.2, 0) is 6.54 Å². The molecular weight excluding hydrogens is 288 g/mol. The van der Waals surface area contributed by atoms with Crippen LogP contribution in [0.2, 0.25) is 0 Å². The minimum absolute atomic E-state index is 0.0318. The maximum atomic E-state index is 13.0. The lowest BCUT2D eigenvalue weighted by atomic mass is 9.99. The van der Waals surface area contributed by atoms with Crippen molar-refractivity contribution in [3.05, 3.63) is 77.4 Å². The number of aromatic nitrogens is 3. The molecule has 0 radical (unpaired) electrons. The zero-order valence-corrected chi connectivity index (χ0v) is 12.9. The molecule has 5 nitrogen and oxygen atoms in total. The average molecular weight is 306 g/mol. The van der Waals surface area contributed by atoms with Gasteiger partial charge in [0.15, 0.2) is 0 Å². The number of amides is 1. The first-order chi connectivity index (χ1) is 11.2. The third-order valence-corrected chi connectivity index (χ3v) is 4.34. The van der Waals surface area contributed by atoms with E-state index in [2.05, 4.69) is 39.2 Å². The Bertz CT molecular complexity index is 834. The van der Waals surface area contributed by atoms with Crippen LogP contribution in [0.4, 0.5) is 0 Å². The van der Waals surface area contributed by atoms with Crippen LogP contribution in [0.25, 0.3) is 0 Å². The lowest BCUT2D eigenvalue weighted by Crippen LogP contribution is -2.42. The van der Waals surface area contributed by atoms with Crippen LogP contribution >= 0.6 is 0 Å². The molecule has 3 heterocycles. The summed E-state index contributed by atoms with van der Waals surface area (Å²) in [4.78, 5) is 14.9. The second-order valence-corrected chi connectivity index (χ2v) is 5.87. The highest BCUT2D eigenvalue weighted by molar-refractivity contribution is 5.93. The molecule has 0 bridgehead atoms. The molecule has 4 rings (SSSR count). The lowest BCUT2D eigenvalue weighted by molar-refractivity contribution is 0.0658. The van der Waals surface area contributed by atoms with E-state index in [1.54, 1.807) is 6.07 Å². The minimum Gasteiger partial charge on any atom is -0.348 e. The second-order valence-electron chi connectivity index (χ2n) is 5.87. The van der Waals surface area contributed by atoms with Crippen molar-refractivity contribution < 1.29 is 4.79 Å². The molecule has 0 aliphatic carbocycles. The van der Waals surface area contributed by atoms with Crippen molar-refractivity contribution in [3.63, 3.8) is 0 Å². The summed E-state index contributed by atoms with van der Waals surface area (Å²) in [6, 6.07) is 16.0. The van der Waals surface area contributed by atoms with Crippen LogP contribution in [0.1, 0.15) is 33.5 Å². The summed E-state index contributed by atoms with van der Waals surface area (Å²) in [6.07, 6.45) is 2.08. The molecule has 0 saturated carbocycles. The SMILES string of the molecule is Cc1cc(C(=O)N2CCn3cccc3[C@H]2c2ccccc2)n[nH]1. The van der Waals surface area contributed by atoms with Gasteiger partial charge in [0.05, 0.1) is 6.04 Å². The van der Waals surface area contributed by atoms with Gasteiger partial charge < -0.3 is 9.47 Å². The summed E-state index contributed by atoms with van der Waals surface area (Å²) < 4.78 is 2.22. The van der Waals surface area contributed by atoms with Crippen molar-refractivity contribution in [2.45, 2.75) is 19.5 Å². The number of fused-ring (bicyclic) bond motifs is 1. The van der Waals surface area contributed by atoms with Crippen molar-refractivity contribution in [2.75, 3.05) is 6.54 Å². The van der Waals surface area contributed by atoms with Gasteiger partial charge in [-0.1, -0.05) is 30.3 Å². The molecule has 0 fully saturated rings. The van der Waals surface area contributed by atoms with Crippen molar-refractivity contribution in [1.82, 2.24) is 19.7 Å². The topological polar surface area (TPSA) is 53.9 Å². The van der Waals surface area contributed by atoms with Crippen LogP contribution in [0.3, 0.4) is 0 Å². The summed E-state index contributed by atoms with van der Waals surface area (Å²) >= 11 is 0. The summed E-state index contributed by atoms with van der Waals surface area (Å²) in [7, 11) is 0. The summed E-state index contributed by atoms with van der Waals surface area (Å²) in [5.74, 6) is -0.0318. The molecule has 3 aromatic rings. The highest BCUT2D eigenvalue weighted by Crippen LogP contribution is 2.33. The van der Waals surface area contributed by atoms with Gasteiger partial charge in [-0.2, -0.15) is 5.10 Å². The number of aryl methyl sites for hydroxylation is 1. The Morgan fingerprint density at radius 3 is 2.74 bits per heavy atom. The first-order valence-electron chi connectivity index (χ1n) is 7.77. The molecule has 1 aliphatic heterocycles. The predicted octanol–water partition coefficient (Wildman–Crippen LogP) is 2.77. The maximum Gasteiger partial charge on any atom is 0.275 e. The molecule has 2 aromatic heterocycles. The fourth-order valence-electron chi connectivity index (χ4n) is 3.26. The molecule has 1 aliphatic rings. The zero-order chi connectivity index (χ0) is 15.8. The summed E-state index contributed by atoms with van der Waals surface area (Å²) in [6.45, 7) is 3.38. The highest BCUT2D eigenvalue weighted by Gasteiger charge is 2.33. The van der Waals surface area contributed by atoms with Crippen molar-refractivity contribution in [2.24, 2.45) is 0 Å². The van der Waals surface area contributed by atoms with Gasteiger partial charge in [-0.05, 0) is 30.7 Å². The molecule has 116 valence electrons. The molecular formula is C18H18N4O. The number of H-pyrrole nitrogens is 1. The van der Waals surface area contributed by atoms with Gasteiger partial charge in [-0.25, -0.2) is 0 Å². The number of hydrogen-bond acceptors (Lipinski definition) is 2. The van der Waals surface area contributed by atoms with E-state index in [4.69, 9.17) is 0 Å². The predicted molar refractivity (Wildman–Crippen MR) is 87.1 cm³/mol. The Hall–Kier alpha value is -2.82. The molecule has 1 amide bonds. The van der Waals surface area contributed by atoms with E-state index in [0.717, 1.165) is 23.5 Å². The number of aromatic amines is 1. The van der Waals surface area contributed by atoms with Crippen LogP contribution in [0.5, 0.6) is 0 Å². The Balaban J connectivity index is 1.78. The average Bonchev–Trinajstić information content (AvgIpc) is 3.22. The van der Waals surface area contributed by atoms with Crippen LogP contribution in [0.15, 0.2) is 54.7 Å². The third kappa shape index (κ3) is 2.34. The number of nitrogens with one attached hydrogen (secondary N) is 1. The first kappa shape index (κ1) is 13.8. The quantitative estimate of drug-likeness (QED) is 0.791. The molecule has 0 spiro atoms. The van der Waals surface area contributed by atoms with Crippen molar-refractivity contribution in [3.8, 4) is 0 Å². The molecule has 1 aromatic carbocycles. The number of hydrogen-bond donors (Lipinski definition) is 1. The molecule has 1 atom stereocenters. The number of carbonyl (C=O) groups is 1. The second kappa shape index (κ2) is 5.43. The highest BCUT2D eigenvalue weighted by atomic mass is 16.2. The van der Waals surface area contributed by atoms with E-state index in [9.17, 15) is 4.79 Å². The van der Waals surface area contributed by atoms with Gasteiger partial charge >= 0.3 is 0 Å². The summed E-state index contributed by atoms with van der Waals surface area (Å²) in [5.41, 5.74) is 3.63. The standard InChI is InChI=1S/C18H18N4O/c1-13-12-15(20-19-13)18(23)22-11-10-21-9-5-8-16(21)17(22)14-6-3-2-4-7-14/h2-9,12,17H,10-11H2,1H3,(H,19,20)/t17-/m1/s1. The normalized spacial score (nSPS) is 17.1. The zero-order valence-electron chi connectivity index (χ0n) is 12.9. The molecule has 1 N–H and O–H groups in total. The molecule has 5 heteroatoms. The van der Waals surface area contributed by atoms with Crippen molar-refractivity contribution >= 4 is 5.91 Å². The van der Waals surface area contributed by atoms with E-state index in [-0.39, 0.29) is 11.9 Å². The third-order valence-electron chi connectivity index (χ3n) is 4.34. The summed E-state index contributed by atoms with van der Waals surface area (Å²) in [5, 5.41) is 6.99. The van der Waals surface area contributed by atoms with E-state index >= 15 is 0 Å². The smallest absolute Gasteiger partial charge is 0.275 e. The minimum atomic E-state index is -0.0792. The van der Waals surface area contributed by atoms with Gasteiger partial charge in [-0.3, -0.25) is 9.89 Å². The lowest BCUT2D eigenvalue weighted by Gasteiger charge is -2.37. The van der Waals surface area contributed by atoms with Gasteiger partial charge in [0, 0.05) is 30.7 Å². The first-order valence-corrected chi connectivity index (χ1v) is 7.77. The van der Waals surface area contributed by atoms with Gasteiger partial charge in [0.25, 0.3) is 5.91 Å². The van der Waals surface area contributed by atoms with E-state index in [1.807, 2.05) is 36.1 Å². The Kier molecular flexibility index (Phi) is 3.26. The number of benzene rings is 1. The van der Waals surface area contributed by atoms with Crippen molar-refractivity contribution in [1.29, 1.82) is 0 Å². The fourth-order valence-corrected chi connectivity index (χ4v) is 3.26. The monoisotopic (exact) mass is 306 g/mol. The molecule has 0 saturated heterocycles. The fraction of sp³-hybridized carbons (Fsp3) is 0.222. The van der Waals surface area contributed by atoms with E-state index in [0.29, 0.717) is 12.2 Å². The van der Waals surface area contributed by atoms with E-state index in [1.165, 1.54) is 0 Å². The van der Waals surface area contributed by atoms with Crippen LogP contribution < -0.4 is 0 Å². The number of carbonyl (C=O) groups excluding carboxylic acids is 1. The Labute approximate surface area is 134 Å². The van der Waals surface area contributed by atoms with Gasteiger partial charge in [0.2, 0.25) is 0 Å².